The number of nitrogens with one attached hydrogen (secondary N) is 3. The van der Waals surface area contributed by atoms with Crippen LogP contribution in [0, 0.1) is 11.3 Å². The molecule has 3 aromatic rings. The highest BCUT2D eigenvalue weighted by molar-refractivity contribution is 5.98. The minimum absolute atomic E-state index is 0.0656. The second-order valence-electron chi connectivity index (χ2n) is 9.92. The molecule has 9 heteroatoms. The molecule has 194 valence electrons. The summed E-state index contributed by atoms with van der Waals surface area (Å²) >= 11 is 0. The molecule has 2 aromatic heterocycles. The quantitative estimate of drug-likeness (QED) is 0.363. The minimum Gasteiger partial charge on any atom is -0.309 e. The fourth-order valence-corrected chi connectivity index (χ4v) is 4.67. The fraction of sp³-hybridized carbons (Fsp3) is 0.345. The van der Waals surface area contributed by atoms with Crippen molar-refractivity contribution in [2.24, 2.45) is 0 Å². The molecule has 1 saturated heterocycles. The molecule has 3 heterocycles. The molecule has 3 N–H and O–H groups in total. The zero-order chi connectivity index (χ0) is 26.5. The molecule has 9 nitrogen and oxygen atoms in total. The van der Waals surface area contributed by atoms with Crippen LogP contribution in [0.4, 0.5) is 11.6 Å². The number of benzene rings is 1. The van der Waals surface area contributed by atoms with Crippen molar-refractivity contribution in [1.82, 2.24) is 20.1 Å². The van der Waals surface area contributed by atoms with Crippen molar-refractivity contribution in [3.8, 4) is 17.2 Å². The Bertz CT molecular complexity index is 1370. The Kier molecular flexibility index (Phi) is 7.61. The van der Waals surface area contributed by atoms with Gasteiger partial charge in [-0.2, -0.15) is 10.4 Å². The van der Waals surface area contributed by atoms with Crippen LogP contribution in [0.25, 0.3) is 11.1 Å². The Hall–Kier alpha value is -4.29. The number of likely N-dealkylation sites (tertiary alicyclic amines) is 1. The SMILES string of the molecule is C[C@H](C(=O)Nc1cc(C2CC2)[nH]n1)c1cccc(-c2ccc(NC(=O)C=CCN3CCC[C@H]3C#N)nc2)c1. The zero-order valence-corrected chi connectivity index (χ0v) is 21.4. The summed E-state index contributed by atoms with van der Waals surface area (Å²) in [7, 11) is 0. The number of anilines is 2. The Morgan fingerprint density at radius 2 is 2.03 bits per heavy atom. The van der Waals surface area contributed by atoms with E-state index in [1.54, 1.807) is 18.3 Å². The van der Waals surface area contributed by atoms with Gasteiger partial charge in [-0.25, -0.2) is 4.98 Å². The fourth-order valence-electron chi connectivity index (χ4n) is 4.67. The molecule has 2 aliphatic rings. The minimum atomic E-state index is -0.363. The van der Waals surface area contributed by atoms with Crippen molar-refractivity contribution < 1.29 is 9.59 Å². The van der Waals surface area contributed by atoms with Gasteiger partial charge in [0.05, 0.1) is 18.0 Å². The average Bonchev–Trinajstić information content (AvgIpc) is 3.51. The molecule has 2 fully saturated rings. The van der Waals surface area contributed by atoms with Gasteiger partial charge in [0.25, 0.3) is 0 Å². The maximum Gasteiger partial charge on any atom is 0.249 e. The van der Waals surface area contributed by atoms with Crippen molar-refractivity contribution in [1.29, 1.82) is 5.26 Å². The van der Waals surface area contributed by atoms with Crippen LogP contribution in [0.1, 0.15) is 55.7 Å². The normalized spacial score (nSPS) is 18.3. The summed E-state index contributed by atoms with van der Waals surface area (Å²) in [6.45, 7) is 3.33. The molecule has 0 spiro atoms. The lowest BCUT2D eigenvalue weighted by Crippen LogP contribution is -2.28. The highest BCUT2D eigenvalue weighted by Crippen LogP contribution is 2.39. The summed E-state index contributed by atoms with van der Waals surface area (Å²) in [5, 5.41) is 22.1. The van der Waals surface area contributed by atoms with Crippen molar-refractivity contribution in [2.45, 2.75) is 50.5 Å². The van der Waals surface area contributed by atoms with E-state index in [0.717, 1.165) is 41.8 Å². The van der Waals surface area contributed by atoms with Crippen LogP contribution in [0.2, 0.25) is 0 Å². The van der Waals surface area contributed by atoms with Crippen LogP contribution in [0.3, 0.4) is 0 Å². The summed E-state index contributed by atoms with van der Waals surface area (Å²) in [4.78, 5) is 31.6. The van der Waals surface area contributed by atoms with Crippen molar-refractivity contribution in [3.05, 3.63) is 72.1 Å². The highest BCUT2D eigenvalue weighted by Gasteiger charge is 2.26. The van der Waals surface area contributed by atoms with E-state index < -0.39 is 0 Å². The van der Waals surface area contributed by atoms with E-state index >= 15 is 0 Å². The van der Waals surface area contributed by atoms with Crippen molar-refractivity contribution in [2.75, 3.05) is 23.7 Å². The number of carbonyl (C=O) groups is 2. The molecule has 0 bridgehead atoms. The van der Waals surface area contributed by atoms with E-state index in [-0.39, 0.29) is 23.8 Å². The Labute approximate surface area is 222 Å². The van der Waals surface area contributed by atoms with Gasteiger partial charge in [0.15, 0.2) is 5.82 Å². The first-order valence-electron chi connectivity index (χ1n) is 13.0. The maximum absolute atomic E-state index is 12.8. The summed E-state index contributed by atoms with van der Waals surface area (Å²) in [5.41, 5.74) is 3.78. The number of aromatic nitrogens is 3. The van der Waals surface area contributed by atoms with E-state index in [9.17, 15) is 9.59 Å². The molecule has 1 saturated carbocycles. The second kappa shape index (κ2) is 11.4. The predicted molar refractivity (Wildman–Crippen MR) is 145 cm³/mol. The summed E-state index contributed by atoms with van der Waals surface area (Å²) in [6.07, 6.45) is 9.19. The number of aromatic amines is 1. The number of nitrogens with zero attached hydrogens (tertiary/aromatic N) is 4. The van der Waals surface area contributed by atoms with Gasteiger partial charge in [0.2, 0.25) is 11.8 Å². The zero-order valence-electron chi connectivity index (χ0n) is 21.4. The van der Waals surface area contributed by atoms with Crippen molar-refractivity contribution in [3.63, 3.8) is 0 Å². The summed E-state index contributed by atoms with van der Waals surface area (Å²) < 4.78 is 0. The topological polar surface area (TPSA) is 127 Å². The van der Waals surface area contributed by atoms with Gasteiger partial charge in [0.1, 0.15) is 5.82 Å². The number of carbonyl (C=O) groups excluding carboxylic acids is 2. The van der Waals surface area contributed by atoms with Crippen molar-refractivity contribution >= 4 is 23.5 Å². The molecular weight excluding hydrogens is 478 g/mol. The molecule has 1 aromatic carbocycles. The first-order valence-corrected chi connectivity index (χ1v) is 13.0. The summed E-state index contributed by atoms with van der Waals surface area (Å²) in [6, 6.07) is 15.6. The van der Waals surface area contributed by atoms with Crippen LogP contribution in [0.5, 0.6) is 0 Å². The van der Waals surface area contributed by atoms with Crippen LogP contribution in [-0.2, 0) is 9.59 Å². The van der Waals surface area contributed by atoms with Crippen LogP contribution >= 0.6 is 0 Å². The monoisotopic (exact) mass is 509 g/mol. The van der Waals surface area contributed by atoms with E-state index in [2.05, 4.69) is 36.8 Å². The number of rotatable bonds is 9. The van der Waals surface area contributed by atoms with Gasteiger partial charge in [-0.3, -0.25) is 19.6 Å². The first kappa shape index (κ1) is 25.4. The second-order valence-corrected chi connectivity index (χ2v) is 9.92. The molecule has 0 radical (unpaired) electrons. The molecule has 2 atom stereocenters. The molecule has 1 aliphatic carbocycles. The van der Waals surface area contributed by atoms with Gasteiger partial charge in [-0.1, -0.05) is 30.3 Å². The smallest absolute Gasteiger partial charge is 0.249 e. The van der Waals surface area contributed by atoms with Gasteiger partial charge in [0, 0.05) is 42.1 Å². The lowest BCUT2D eigenvalue weighted by atomic mass is 9.96. The third kappa shape index (κ3) is 6.15. The Balaban J connectivity index is 1.16. The van der Waals surface area contributed by atoms with Gasteiger partial charge in [-0.15, -0.1) is 0 Å². The Morgan fingerprint density at radius 3 is 2.79 bits per heavy atom. The van der Waals surface area contributed by atoms with E-state index in [1.165, 1.54) is 18.9 Å². The number of nitriles is 1. The molecule has 5 rings (SSSR count). The number of H-pyrrole nitrogens is 1. The lowest BCUT2D eigenvalue weighted by molar-refractivity contribution is -0.117. The standard InChI is InChI=1S/C29H31N7O2/c1-19(29(38)33-27-16-25(34-35-27)20-9-10-20)21-5-2-6-22(15-21)23-11-12-26(31-18-23)32-28(37)8-4-14-36-13-3-7-24(36)17-30/h2,4-6,8,11-12,15-16,18-20,24H,3,7,9-10,13-14H2,1H3,(H,31,32,37)(H2,33,34,35,38)/t19-,24-/m0/s1. The summed E-state index contributed by atoms with van der Waals surface area (Å²) in [5.74, 6) is 0.810. The molecule has 0 unspecified atom stereocenters. The largest absolute Gasteiger partial charge is 0.309 e. The molecule has 38 heavy (non-hydrogen) atoms. The first-order chi connectivity index (χ1) is 18.5. The highest BCUT2D eigenvalue weighted by atomic mass is 16.2. The van der Waals surface area contributed by atoms with E-state index in [1.807, 2.05) is 43.3 Å². The third-order valence-electron chi connectivity index (χ3n) is 7.12. The third-order valence-corrected chi connectivity index (χ3v) is 7.12. The van der Waals surface area contributed by atoms with Crippen LogP contribution < -0.4 is 10.6 Å². The molecule has 1 aliphatic heterocycles. The maximum atomic E-state index is 12.8. The molecular formula is C29H31N7O2. The van der Waals surface area contributed by atoms with E-state index in [4.69, 9.17) is 5.26 Å². The van der Waals surface area contributed by atoms with Gasteiger partial charge >= 0.3 is 0 Å². The number of amides is 2. The molecule has 2 amide bonds. The lowest BCUT2D eigenvalue weighted by Gasteiger charge is -2.15. The van der Waals surface area contributed by atoms with E-state index in [0.29, 0.717) is 24.1 Å². The predicted octanol–water partition coefficient (Wildman–Crippen LogP) is 4.57. The average molecular weight is 510 g/mol. The van der Waals surface area contributed by atoms with Gasteiger partial charge in [-0.05, 0) is 62.4 Å². The number of pyridine rings is 1. The van der Waals surface area contributed by atoms with Crippen LogP contribution in [0.15, 0.2) is 60.8 Å². The Morgan fingerprint density at radius 1 is 1.16 bits per heavy atom. The number of hydrogen-bond acceptors (Lipinski definition) is 6. The van der Waals surface area contributed by atoms with Crippen LogP contribution in [-0.4, -0.2) is 51.0 Å². The number of hydrogen-bond donors (Lipinski definition) is 3. The van der Waals surface area contributed by atoms with Gasteiger partial charge < -0.3 is 10.6 Å².